The number of carbonyl (C=O) groups is 3. The molecule has 0 aliphatic carbocycles. The molecule has 466 valence electrons. The Morgan fingerprint density at radius 2 is 0.481 bits per heavy atom. The quantitative estimate of drug-likeness (QED) is 0.0261. The first-order valence-electron chi connectivity index (χ1n) is 34.7. The van der Waals surface area contributed by atoms with Crippen molar-refractivity contribution in [3.8, 4) is 0 Å². The molecular formula is C75H130O6. The molecule has 6 nitrogen and oxygen atoms in total. The lowest BCUT2D eigenvalue weighted by molar-refractivity contribution is -0.167. The summed E-state index contributed by atoms with van der Waals surface area (Å²) in [4.78, 5) is 38.4. The van der Waals surface area contributed by atoms with Gasteiger partial charge in [0.2, 0.25) is 0 Å². The van der Waals surface area contributed by atoms with Gasteiger partial charge in [-0.1, -0.05) is 298 Å². The van der Waals surface area contributed by atoms with Gasteiger partial charge >= 0.3 is 17.9 Å². The van der Waals surface area contributed by atoms with Crippen LogP contribution in [0.1, 0.15) is 342 Å². The summed E-state index contributed by atoms with van der Waals surface area (Å²) in [5.74, 6) is -0.883. The first kappa shape index (κ1) is 77.3. The van der Waals surface area contributed by atoms with Crippen LogP contribution in [0.4, 0.5) is 0 Å². The van der Waals surface area contributed by atoms with Crippen LogP contribution in [0.15, 0.2) is 97.2 Å². The van der Waals surface area contributed by atoms with Crippen LogP contribution in [0.3, 0.4) is 0 Å². The second kappa shape index (κ2) is 68.8. The summed E-state index contributed by atoms with van der Waals surface area (Å²) in [6.07, 6.45) is 92.8. The molecule has 0 amide bonds. The topological polar surface area (TPSA) is 78.9 Å². The van der Waals surface area contributed by atoms with Crippen LogP contribution < -0.4 is 0 Å². The van der Waals surface area contributed by atoms with Crippen molar-refractivity contribution in [2.24, 2.45) is 0 Å². The summed E-state index contributed by atoms with van der Waals surface area (Å²) in [5.41, 5.74) is 0. The van der Waals surface area contributed by atoms with E-state index in [1.54, 1.807) is 0 Å². The van der Waals surface area contributed by atoms with Crippen molar-refractivity contribution < 1.29 is 28.6 Å². The molecule has 0 heterocycles. The van der Waals surface area contributed by atoms with E-state index in [4.69, 9.17) is 14.2 Å². The van der Waals surface area contributed by atoms with Gasteiger partial charge in [0.05, 0.1) is 0 Å². The lowest BCUT2D eigenvalue weighted by Crippen LogP contribution is -2.30. The lowest BCUT2D eigenvalue weighted by Gasteiger charge is -2.18. The predicted molar refractivity (Wildman–Crippen MR) is 353 cm³/mol. The molecule has 0 aliphatic heterocycles. The monoisotopic (exact) mass is 1130 g/mol. The highest BCUT2D eigenvalue weighted by Gasteiger charge is 2.19. The van der Waals surface area contributed by atoms with Gasteiger partial charge in [-0.15, -0.1) is 0 Å². The molecule has 0 radical (unpaired) electrons. The van der Waals surface area contributed by atoms with Crippen molar-refractivity contribution in [2.45, 2.75) is 348 Å². The van der Waals surface area contributed by atoms with Crippen molar-refractivity contribution in [1.29, 1.82) is 0 Å². The van der Waals surface area contributed by atoms with Crippen LogP contribution in [0.5, 0.6) is 0 Å². The Hall–Kier alpha value is -3.67. The molecule has 0 spiro atoms. The Labute approximate surface area is 502 Å². The van der Waals surface area contributed by atoms with E-state index in [2.05, 4.69) is 118 Å². The van der Waals surface area contributed by atoms with Gasteiger partial charge in [0.15, 0.2) is 6.10 Å². The summed E-state index contributed by atoms with van der Waals surface area (Å²) in [6, 6.07) is 0. The molecule has 0 aromatic carbocycles. The van der Waals surface area contributed by atoms with E-state index >= 15 is 0 Å². The number of carbonyl (C=O) groups excluding carboxylic acids is 3. The third-order valence-corrected chi connectivity index (χ3v) is 15.0. The largest absolute Gasteiger partial charge is 0.462 e. The molecule has 0 saturated heterocycles. The Balaban J connectivity index is 4.24. The number of rotatable bonds is 63. The summed E-state index contributed by atoms with van der Waals surface area (Å²) >= 11 is 0. The zero-order chi connectivity index (χ0) is 58.5. The molecule has 0 N–H and O–H groups in total. The molecule has 0 fully saturated rings. The average molecular weight is 1130 g/mol. The molecule has 0 saturated carbocycles. The molecular weight excluding hydrogens is 997 g/mol. The van der Waals surface area contributed by atoms with Crippen molar-refractivity contribution >= 4 is 17.9 Å². The summed E-state index contributed by atoms with van der Waals surface area (Å²) in [5, 5.41) is 0. The fourth-order valence-electron chi connectivity index (χ4n) is 9.85. The number of esters is 3. The minimum Gasteiger partial charge on any atom is -0.462 e. The molecule has 0 aromatic heterocycles. The minimum atomic E-state index is -0.786. The van der Waals surface area contributed by atoms with E-state index in [0.29, 0.717) is 19.3 Å². The van der Waals surface area contributed by atoms with E-state index < -0.39 is 6.10 Å². The smallest absolute Gasteiger partial charge is 0.306 e. The van der Waals surface area contributed by atoms with E-state index in [0.717, 1.165) is 109 Å². The van der Waals surface area contributed by atoms with E-state index in [-0.39, 0.29) is 31.1 Å². The van der Waals surface area contributed by atoms with Crippen molar-refractivity contribution in [3.63, 3.8) is 0 Å². The summed E-state index contributed by atoms with van der Waals surface area (Å²) in [6.45, 7) is 6.52. The molecule has 0 aliphatic rings. The second-order valence-electron chi connectivity index (χ2n) is 23.1. The Morgan fingerprint density at radius 1 is 0.259 bits per heavy atom. The molecule has 81 heavy (non-hydrogen) atoms. The van der Waals surface area contributed by atoms with Crippen LogP contribution in [-0.4, -0.2) is 37.2 Å². The highest BCUT2D eigenvalue weighted by molar-refractivity contribution is 5.71. The fourth-order valence-corrected chi connectivity index (χ4v) is 9.85. The first-order valence-corrected chi connectivity index (χ1v) is 34.7. The molecule has 0 aromatic rings. The molecule has 1 atom stereocenters. The van der Waals surface area contributed by atoms with Crippen LogP contribution in [0, 0.1) is 0 Å². The lowest BCUT2D eigenvalue weighted by atomic mass is 10.0. The second-order valence-corrected chi connectivity index (χ2v) is 23.1. The summed E-state index contributed by atoms with van der Waals surface area (Å²) < 4.78 is 17.0. The third kappa shape index (κ3) is 67.0. The Bertz CT molecular complexity index is 1580. The van der Waals surface area contributed by atoms with Crippen LogP contribution >= 0.6 is 0 Å². The maximum absolute atomic E-state index is 12.9. The molecule has 6 heteroatoms. The highest BCUT2D eigenvalue weighted by atomic mass is 16.6. The van der Waals surface area contributed by atoms with Gasteiger partial charge in [-0.05, 0) is 122 Å². The fraction of sp³-hybridized carbons (Fsp3) is 0.747. The average Bonchev–Trinajstić information content (AvgIpc) is 3.47. The maximum atomic E-state index is 12.9. The van der Waals surface area contributed by atoms with Crippen LogP contribution in [-0.2, 0) is 28.6 Å². The maximum Gasteiger partial charge on any atom is 0.306 e. The molecule has 1 unspecified atom stereocenters. The first-order chi connectivity index (χ1) is 40.0. The molecule has 0 rings (SSSR count). The normalized spacial score (nSPS) is 12.7. The van der Waals surface area contributed by atoms with E-state index in [1.165, 1.54) is 193 Å². The SMILES string of the molecule is CC/C=C\C/C=C\C/C=C\C/C=C\C/C=C\CCCCCCCCCCCCCCCCCC(=O)OCC(COC(=O)CCCCCCC/C=C\CCCCCCC)OC(=O)CCCCCCCCC/C=C\C/C=C\CCCCCC. The predicted octanol–water partition coefficient (Wildman–Crippen LogP) is 24.0. The highest BCUT2D eigenvalue weighted by Crippen LogP contribution is 2.17. The van der Waals surface area contributed by atoms with Crippen LogP contribution in [0.2, 0.25) is 0 Å². The van der Waals surface area contributed by atoms with Gasteiger partial charge in [0.25, 0.3) is 0 Å². The number of hydrogen-bond donors (Lipinski definition) is 0. The van der Waals surface area contributed by atoms with Crippen molar-refractivity contribution in [3.05, 3.63) is 97.2 Å². The van der Waals surface area contributed by atoms with Gasteiger partial charge < -0.3 is 14.2 Å². The van der Waals surface area contributed by atoms with E-state index in [9.17, 15) is 14.4 Å². The third-order valence-electron chi connectivity index (χ3n) is 15.0. The zero-order valence-corrected chi connectivity index (χ0v) is 53.5. The van der Waals surface area contributed by atoms with Gasteiger partial charge in [-0.3, -0.25) is 14.4 Å². The summed E-state index contributed by atoms with van der Waals surface area (Å²) in [7, 11) is 0. The zero-order valence-electron chi connectivity index (χ0n) is 53.5. The Kier molecular flexibility index (Phi) is 65.7. The Morgan fingerprint density at radius 3 is 0.778 bits per heavy atom. The molecule has 0 bridgehead atoms. The number of unbranched alkanes of at least 4 members (excludes halogenated alkanes) is 36. The van der Waals surface area contributed by atoms with Crippen molar-refractivity contribution in [1.82, 2.24) is 0 Å². The van der Waals surface area contributed by atoms with E-state index in [1.807, 2.05) is 0 Å². The number of hydrogen-bond acceptors (Lipinski definition) is 6. The van der Waals surface area contributed by atoms with Gasteiger partial charge in [-0.25, -0.2) is 0 Å². The van der Waals surface area contributed by atoms with Gasteiger partial charge in [-0.2, -0.15) is 0 Å². The van der Waals surface area contributed by atoms with Gasteiger partial charge in [0, 0.05) is 19.3 Å². The number of allylic oxidation sites excluding steroid dienone is 16. The van der Waals surface area contributed by atoms with Crippen molar-refractivity contribution in [2.75, 3.05) is 13.2 Å². The number of ether oxygens (including phenoxy) is 3. The standard InChI is InChI=1S/C75H130O6/c1-4-7-10-13-16-19-22-25-28-30-32-33-34-35-36-37-38-39-40-41-42-43-44-46-47-50-53-56-59-62-65-68-74(77)80-71-72(70-79-73(76)67-64-61-58-55-52-49-27-24-21-18-15-12-9-6-3)81-75(78)69-66-63-60-57-54-51-48-45-31-29-26-23-20-17-14-11-8-5-2/h7,10,16,19-20,23-25,27-29,31-33,35-36,72H,4-6,8-9,11-15,17-18,21-22,26,30,34,37-71H2,1-3H3/b10-7-,19-16-,23-20-,27-24-,28-25-,31-29-,33-32-,36-35-. The van der Waals surface area contributed by atoms with Crippen LogP contribution in [0.25, 0.3) is 0 Å². The minimum absolute atomic E-state index is 0.0808. The van der Waals surface area contributed by atoms with Gasteiger partial charge in [0.1, 0.15) is 13.2 Å².